The number of nitro benzene ring substituents is 1. The molecular formula is C13H6Cl2FNO4. The lowest BCUT2D eigenvalue weighted by Crippen LogP contribution is -1.98. The predicted octanol–water partition coefficient (Wildman–Crippen LogP) is 4.65. The summed E-state index contributed by atoms with van der Waals surface area (Å²) in [6.07, 6.45) is 0.377. The minimum atomic E-state index is -0.833. The van der Waals surface area contributed by atoms with Gasteiger partial charge in [-0.25, -0.2) is 4.39 Å². The molecule has 0 aliphatic heterocycles. The van der Waals surface area contributed by atoms with Crippen molar-refractivity contribution in [1.29, 1.82) is 0 Å². The van der Waals surface area contributed by atoms with Gasteiger partial charge in [0.2, 0.25) is 5.75 Å². The smallest absolute Gasteiger partial charge is 0.313 e. The summed E-state index contributed by atoms with van der Waals surface area (Å²) in [7, 11) is 0. The third kappa shape index (κ3) is 3.12. The van der Waals surface area contributed by atoms with Crippen LogP contribution in [0, 0.1) is 15.9 Å². The summed E-state index contributed by atoms with van der Waals surface area (Å²) in [5, 5.41) is 10.9. The number of carbonyl (C=O) groups excluding carboxylic acids is 1. The third-order valence-electron chi connectivity index (χ3n) is 2.53. The van der Waals surface area contributed by atoms with Crippen molar-refractivity contribution in [2.75, 3.05) is 0 Å². The van der Waals surface area contributed by atoms with Crippen LogP contribution in [0.2, 0.25) is 10.0 Å². The van der Waals surface area contributed by atoms with E-state index in [9.17, 15) is 19.3 Å². The molecule has 0 N–H and O–H groups in total. The Labute approximate surface area is 128 Å². The van der Waals surface area contributed by atoms with Gasteiger partial charge in [0.05, 0.1) is 20.5 Å². The first-order chi connectivity index (χ1) is 9.93. The maximum Gasteiger partial charge on any atom is 0.313 e. The van der Waals surface area contributed by atoms with Gasteiger partial charge in [-0.15, -0.1) is 0 Å². The molecule has 0 heterocycles. The van der Waals surface area contributed by atoms with Crippen LogP contribution in [0.15, 0.2) is 30.3 Å². The molecule has 0 aliphatic carbocycles. The fourth-order valence-corrected chi connectivity index (χ4v) is 1.89. The average molecular weight is 330 g/mol. The van der Waals surface area contributed by atoms with Gasteiger partial charge >= 0.3 is 5.69 Å². The van der Waals surface area contributed by atoms with Crippen molar-refractivity contribution in [1.82, 2.24) is 0 Å². The molecule has 2 aromatic rings. The van der Waals surface area contributed by atoms with E-state index in [1.807, 2.05) is 0 Å². The minimum Gasteiger partial charge on any atom is -0.446 e. The van der Waals surface area contributed by atoms with Crippen molar-refractivity contribution in [2.45, 2.75) is 0 Å². The number of benzene rings is 2. The lowest BCUT2D eigenvalue weighted by molar-refractivity contribution is -0.385. The largest absolute Gasteiger partial charge is 0.446 e. The second-order valence-corrected chi connectivity index (χ2v) is 4.68. The standard InChI is InChI=1S/C13H6Cl2FNO4/c14-8-4-11(17(19)20)12(5-9(8)15)21-13-7(6-18)2-1-3-10(13)16/h1-6H. The molecule has 0 fully saturated rings. The van der Waals surface area contributed by atoms with Gasteiger partial charge in [0.15, 0.2) is 17.9 Å². The molecule has 0 spiro atoms. The summed E-state index contributed by atoms with van der Waals surface area (Å²) >= 11 is 11.5. The molecule has 0 unspecified atom stereocenters. The van der Waals surface area contributed by atoms with Crippen molar-refractivity contribution in [2.24, 2.45) is 0 Å². The molecule has 5 nitrogen and oxygen atoms in total. The number of nitrogens with zero attached hydrogens (tertiary/aromatic N) is 1. The van der Waals surface area contributed by atoms with Crippen molar-refractivity contribution < 1.29 is 18.8 Å². The second kappa shape index (κ2) is 6.07. The maximum atomic E-state index is 13.7. The van der Waals surface area contributed by atoms with Gasteiger partial charge in [-0.1, -0.05) is 29.3 Å². The van der Waals surface area contributed by atoms with E-state index in [0.717, 1.165) is 18.2 Å². The van der Waals surface area contributed by atoms with Crippen LogP contribution in [0.1, 0.15) is 10.4 Å². The fourth-order valence-electron chi connectivity index (χ4n) is 1.58. The highest BCUT2D eigenvalue weighted by molar-refractivity contribution is 6.42. The topological polar surface area (TPSA) is 69.4 Å². The van der Waals surface area contributed by atoms with Crippen LogP contribution >= 0.6 is 23.2 Å². The lowest BCUT2D eigenvalue weighted by Gasteiger charge is -2.10. The van der Waals surface area contributed by atoms with Gasteiger partial charge in [0, 0.05) is 12.1 Å². The summed E-state index contributed by atoms with van der Waals surface area (Å²) < 4.78 is 18.9. The number of hydrogen-bond donors (Lipinski definition) is 0. The molecule has 0 amide bonds. The zero-order valence-corrected chi connectivity index (χ0v) is 11.7. The van der Waals surface area contributed by atoms with E-state index >= 15 is 0 Å². The Morgan fingerprint density at radius 3 is 2.52 bits per heavy atom. The Morgan fingerprint density at radius 1 is 1.24 bits per heavy atom. The summed E-state index contributed by atoms with van der Waals surface area (Å²) in [4.78, 5) is 21.1. The summed E-state index contributed by atoms with van der Waals surface area (Å²) in [6, 6.07) is 5.76. The quantitative estimate of drug-likeness (QED) is 0.465. The minimum absolute atomic E-state index is 0.00117. The van der Waals surface area contributed by atoms with Crippen LogP contribution in [0.4, 0.5) is 10.1 Å². The molecule has 2 aromatic carbocycles. The zero-order chi connectivity index (χ0) is 15.6. The van der Waals surface area contributed by atoms with E-state index in [0.29, 0.717) is 6.29 Å². The van der Waals surface area contributed by atoms with E-state index in [1.165, 1.54) is 12.1 Å². The number of carbonyl (C=O) groups is 1. The molecule has 0 bridgehead atoms. The Balaban J connectivity index is 2.57. The first-order valence-corrected chi connectivity index (χ1v) is 6.24. The number of ether oxygens (including phenoxy) is 1. The molecule has 108 valence electrons. The second-order valence-electron chi connectivity index (χ2n) is 3.87. The number of nitro groups is 1. The maximum absolute atomic E-state index is 13.7. The van der Waals surface area contributed by atoms with Crippen LogP contribution in [0.5, 0.6) is 11.5 Å². The average Bonchev–Trinajstić information content (AvgIpc) is 2.44. The number of hydrogen-bond acceptors (Lipinski definition) is 4. The highest BCUT2D eigenvalue weighted by atomic mass is 35.5. The molecular weight excluding hydrogens is 324 g/mol. The van der Waals surface area contributed by atoms with Crippen molar-refractivity contribution in [3.63, 3.8) is 0 Å². The van der Waals surface area contributed by atoms with Crippen LogP contribution in [0.25, 0.3) is 0 Å². The SMILES string of the molecule is O=Cc1cccc(F)c1Oc1cc(Cl)c(Cl)cc1[N+](=O)[O-]. The van der Waals surface area contributed by atoms with Crippen LogP contribution in [-0.2, 0) is 0 Å². The molecule has 2 rings (SSSR count). The molecule has 0 aromatic heterocycles. The van der Waals surface area contributed by atoms with E-state index < -0.39 is 22.2 Å². The highest BCUT2D eigenvalue weighted by Crippen LogP contribution is 2.39. The molecule has 0 radical (unpaired) electrons. The molecule has 0 aliphatic rings. The first-order valence-electron chi connectivity index (χ1n) is 5.49. The van der Waals surface area contributed by atoms with E-state index in [2.05, 4.69) is 0 Å². The molecule has 0 atom stereocenters. The van der Waals surface area contributed by atoms with Crippen LogP contribution in [-0.4, -0.2) is 11.2 Å². The van der Waals surface area contributed by atoms with E-state index in [1.54, 1.807) is 0 Å². The zero-order valence-electron chi connectivity index (χ0n) is 10.2. The molecule has 0 saturated carbocycles. The Kier molecular flexibility index (Phi) is 4.40. The summed E-state index contributed by atoms with van der Waals surface area (Å²) in [5.74, 6) is -1.57. The van der Waals surface area contributed by atoms with Crippen LogP contribution in [0.3, 0.4) is 0 Å². The Hall–Kier alpha value is -2.18. The van der Waals surface area contributed by atoms with Gasteiger partial charge in [0.25, 0.3) is 0 Å². The van der Waals surface area contributed by atoms with Crippen molar-refractivity contribution in [3.05, 3.63) is 61.9 Å². The molecule has 0 saturated heterocycles. The lowest BCUT2D eigenvalue weighted by atomic mass is 10.2. The van der Waals surface area contributed by atoms with Gasteiger partial charge in [-0.05, 0) is 12.1 Å². The number of aldehydes is 1. The third-order valence-corrected chi connectivity index (χ3v) is 3.26. The number of para-hydroxylation sites is 1. The van der Waals surface area contributed by atoms with Gasteiger partial charge < -0.3 is 4.74 Å². The van der Waals surface area contributed by atoms with Gasteiger partial charge in [-0.3, -0.25) is 14.9 Å². The highest BCUT2D eigenvalue weighted by Gasteiger charge is 2.21. The molecule has 21 heavy (non-hydrogen) atoms. The fraction of sp³-hybridized carbons (Fsp3) is 0. The van der Waals surface area contributed by atoms with E-state index in [4.69, 9.17) is 27.9 Å². The number of halogens is 3. The Bertz CT molecular complexity index is 736. The van der Waals surface area contributed by atoms with Crippen molar-refractivity contribution >= 4 is 35.2 Å². The first kappa shape index (κ1) is 15.2. The summed E-state index contributed by atoms with van der Waals surface area (Å²) in [6.45, 7) is 0. The monoisotopic (exact) mass is 329 g/mol. The number of rotatable bonds is 4. The van der Waals surface area contributed by atoms with Crippen LogP contribution < -0.4 is 4.74 Å². The van der Waals surface area contributed by atoms with Crippen molar-refractivity contribution in [3.8, 4) is 11.5 Å². The Morgan fingerprint density at radius 2 is 1.90 bits per heavy atom. The van der Waals surface area contributed by atoms with E-state index in [-0.39, 0.29) is 21.4 Å². The van der Waals surface area contributed by atoms with Gasteiger partial charge in [0.1, 0.15) is 0 Å². The summed E-state index contributed by atoms with van der Waals surface area (Å²) in [5.41, 5.74) is -0.583. The molecule has 8 heteroatoms. The predicted molar refractivity (Wildman–Crippen MR) is 75.0 cm³/mol. The van der Waals surface area contributed by atoms with Gasteiger partial charge in [-0.2, -0.15) is 0 Å². The normalized spacial score (nSPS) is 10.2.